The summed E-state index contributed by atoms with van der Waals surface area (Å²) in [5, 5.41) is 4.51. The average Bonchev–Trinajstić information content (AvgIpc) is 2.49. The normalized spacial score (nSPS) is 26.0. The van der Waals surface area contributed by atoms with Crippen molar-refractivity contribution < 1.29 is 0 Å². The third-order valence-corrected chi connectivity index (χ3v) is 5.14. The molecule has 0 radical (unpaired) electrons. The second kappa shape index (κ2) is 8.80. The predicted molar refractivity (Wildman–Crippen MR) is 93.1 cm³/mol. The molecule has 1 fully saturated rings. The van der Waals surface area contributed by atoms with Crippen molar-refractivity contribution in [1.82, 2.24) is 5.32 Å². The van der Waals surface area contributed by atoms with Crippen molar-refractivity contribution in [3.63, 3.8) is 0 Å². The maximum Gasteiger partial charge on any atom is 0.0408 e. The van der Waals surface area contributed by atoms with Crippen molar-refractivity contribution >= 4 is 11.6 Å². The van der Waals surface area contributed by atoms with Gasteiger partial charge in [-0.2, -0.15) is 0 Å². The van der Waals surface area contributed by atoms with E-state index in [0.717, 1.165) is 29.9 Å². The molecule has 1 nitrogen and oxygen atoms in total. The van der Waals surface area contributed by atoms with Crippen LogP contribution >= 0.6 is 11.6 Å². The lowest BCUT2D eigenvalue weighted by Gasteiger charge is -2.37. The van der Waals surface area contributed by atoms with E-state index >= 15 is 0 Å². The lowest BCUT2D eigenvalue weighted by Crippen LogP contribution is -2.32. The smallest absolute Gasteiger partial charge is 0.0408 e. The Kier molecular flexibility index (Phi) is 7.06. The molecule has 1 aliphatic carbocycles. The minimum atomic E-state index is 0.679. The second-order valence-corrected chi connectivity index (χ2v) is 7.03. The van der Waals surface area contributed by atoms with Crippen LogP contribution in [0.15, 0.2) is 24.3 Å². The number of benzene rings is 1. The van der Waals surface area contributed by atoms with Crippen LogP contribution in [0.1, 0.15) is 63.9 Å². The van der Waals surface area contributed by atoms with Crippen molar-refractivity contribution in [2.75, 3.05) is 13.1 Å². The number of hydrogen-bond acceptors (Lipinski definition) is 1. The molecule has 1 aliphatic rings. The van der Waals surface area contributed by atoms with E-state index < -0.39 is 0 Å². The molecular weight excluding hydrogens is 278 g/mol. The first-order valence-electron chi connectivity index (χ1n) is 8.70. The Hall–Kier alpha value is -0.530. The molecule has 1 saturated carbocycles. The van der Waals surface area contributed by atoms with Crippen LogP contribution in [0.25, 0.3) is 0 Å². The lowest BCUT2D eigenvalue weighted by molar-refractivity contribution is 0.220. The number of halogens is 1. The summed E-state index contributed by atoms with van der Waals surface area (Å²) in [7, 11) is 0. The van der Waals surface area contributed by atoms with Crippen LogP contribution in [-0.2, 0) is 0 Å². The maximum absolute atomic E-state index is 6.22. The van der Waals surface area contributed by atoms with Crippen molar-refractivity contribution in [3.8, 4) is 0 Å². The number of rotatable bonds is 7. The Bertz CT molecular complexity index is 418. The summed E-state index contributed by atoms with van der Waals surface area (Å²) in [4.78, 5) is 0. The van der Waals surface area contributed by atoms with Gasteiger partial charge in [-0.3, -0.25) is 0 Å². The van der Waals surface area contributed by atoms with Crippen LogP contribution in [0.4, 0.5) is 0 Å². The third-order valence-electron chi connectivity index (χ3n) is 4.91. The first-order valence-corrected chi connectivity index (χ1v) is 9.08. The molecule has 0 amide bonds. The summed E-state index contributed by atoms with van der Waals surface area (Å²) >= 11 is 6.22. The summed E-state index contributed by atoms with van der Waals surface area (Å²) in [6.07, 6.45) is 8.01. The molecule has 0 bridgehead atoms. The molecule has 3 atom stereocenters. The van der Waals surface area contributed by atoms with E-state index in [1.807, 2.05) is 6.07 Å². The van der Waals surface area contributed by atoms with E-state index in [1.54, 1.807) is 0 Å². The summed E-state index contributed by atoms with van der Waals surface area (Å²) in [6, 6.07) is 8.56. The van der Waals surface area contributed by atoms with Gasteiger partial charge in [-0.25, -0.2) is 0 Å². The Labute approximate surface area is 135 Å². The van der Waals surface area contributed by atoms with E-state index in [-0.39, 0.29) is 0 Å². The van der Waals surface area contributed by atoms with E-state index in [9.17, 15) is 0 Å². The highest BCUT2D eigenvalue weighted by Crippen LogP contribution is 2.42. The van der Waals surface area contributed by atoms with Crippen molar-refractivity contribution in [2.45, 2.75) is 58.3 Å². The molecule has 0 saturated heterocycles. The molecule has 118 valence electrons. The summed E-state index contributed by atoms with van der Waals surface area (Å²) in [5.74, 6) is 2.35. The van der Waals surface area contributed by atoms with Crippen LogP contribution in [0, 0.1) is 11.8 Å². The molecule has 3 unspecified atom stereocenters. The van der Waals surface area contributed by atoms with Crippen LogP contribution in [0.2, 0.25) is 5.02 Å². The second-order valence-electron chi connectivity index (χ2n) is 6.59. The van der Waals surface area contributed by atoms with Crippen LogP contribution in [0.5, 0.6) is 0 Å². The highest BCUT2D eigenvalue weighted by atomic mass is 35.5. The quantitative estimate of drug-likeness (QED) is 0.643. The molecule has 0 aromatic heterocycles. The van der Waals surface area contributed by atoms with E-state index in [1.165, 1.54) is 44.1 Å². The first-order chi connectivity index (χ1) is 10.2. The molecule has 1 aromatic carbocycles. The zero-order valence-corrected chi connectivity index (χ0v) is 14.3. The van der Waals surface area contributed by atoms with Crippen molar-refractivity contribution in [1.29, 1.82) is 0 Å². The summed E-state index contributed by atoms with van der Waals surface area (Å²) in [5.41, 5.74) is 1.45. The van der Waals surface area contributed by atoms with Gasteiger partial charge in [0.25, 0.3) is 0 Å². The molecule has 0 heterocycles. The molecule has 21 heavy (non-hydrogen) atoms. The number of nitrogens with one attached hydrogen (secondary N) is 1. The maximum atomic E-state index is 6.22. The molecule has 1 N–H and O–H groups in total. The van der Waals surface area contributed by atoms with Gasteiger partial charge in [0, 0.05) is 5.02 Å². The van der Waals surface area contributed by atoms with Gasteiger partial charge < -0.3 is 5.32 Å². The van der Waals surface area contributed by atoms with Gasteiger partial charge in [-0.05, 0) is 67.8 Å². The molecule has 2 heteroatoms. The van der Waals surface area contributed by atoms with Gasteiger partial charge >= 0.3 is 0 Å². The minimum absolute atomic E-state index is 0.679. The summed E-state index contributed by atoms with van der Waals surface area (Å²) in [6.45, 7) is 6.84. The van der Waals surface area contributed by atoms with Crippen molar-refractivity contribution in [3.05, 3.63) is 34.9 Å². The van der Waals surface area contributed by atoms with Gasteiger partial charge in [-0.1, -0.05) is 56.8 Å². The SMILES string of the molecule is CCCNCC1CCC(CCC)CC1c1cccc(Cl)c1. The first kappa shape index (κ1) is 16.8. The highest BCUT2D eigenvalue weighted by Gasteiger charge is 2.30. The van der Waals surface area contributed by atoms with Crippen LogP contribution in [-0.4, -0.2) is 13.1 Å². The Morgan fingerprint density at radius 1 is 1.19 bits per heavy atom. The minimum Gasteiger partial charge on any atom is -0.316 e. The molecule has 2 rings (SSSR count). The van der Waals surface area contributed by atoms with Gasteiger partial charge in [0.2, 0.25) is 0 Å². The van der Waals surface area contributed by atoms with Gasteiger partial charge in [-0.15, -0.1) is 0 Å². The van der Waals surface area contributed by atoms with Crippen LogP contribution < -0.4 is 5.32 Å². The predicted octanol–water partition coefficient (Wildman–Crippen LogP) is 5.64. The third kappa shape index (κ3) is 5.00. The molecule has 0 aliphatic heterocycles. The number of hydrogen-bond donors (Lipinski definition) is 1. The van der Waals surface area contributed by atoms with E-state index in [4.69, 9.17) is 11.6 Å². The zero-order chi connectivity index (χ0) is 15.1. The van der Waals surface area contributed by atoms with Gasteiger partial charge in [0.05, 0.1) is 0 Å². The van der Waals surface area contributed by atoms with Crippen molar-refractivity contribution in [2.24, 2.45) is 11.8 Å². The molecule has 0 spiro atoms. The molecular formula is C19H30ClN. The molecule has 1 aromatic rings. The van der Waals surface area contributed by atoms with Gasteiger partial charge in [0.1, 0.15) is 0 Å². The lowest BCUT2D eigenvalue weighted by atomic mass is 9.70. The largest absolute Gasteiger partial charge is 0.316 e. The highest BCUT2D eigenvalue weighted by molar-refractivity contribution is 6.30. The fraction of sp³-hybridized carbons (Fsp3) is 0.684. The fourth-order valence-electron chi connectivity index (χ4n) is 3.84. The Morgan fingerprint density at radius 3 is 2.76 bits per heavy atom. The Balaban J connectivity index is 2.08. The van der Waals surface area contributed by atoms with Crippen LogP contribution in [0.3, 0.4) is 0 Å². The monoisotopic (exact) mass is 307 g/mol. The topological polar surface area (TPSA) is 12.0 Å². The van der Waals surface area contributed by atoms with E-state index in [0.29, 0.717) is 5.92 Å². The zero-order valence-electron chi connectivity index (χ0n) is 13.6. The van der Waals surface area contributed by atoms with Gasteiger partial charge in [0.15, 0.2) is 0 Å². The fourth-order valence-corrected chi connectivity index (χ4v) is 4.04. The standard InChI is InChI=1S/C19H30ClN/c1-3-6-15-9-10-17(14-21-11-4-2)19(12-15)16-7-5-8-18(20)13-16/h5,7-8,13,15,17,19,21H,3-4,6,9-12,14H2,1-2H3. The Morgan fingerprint density at radius 2 is 2.05 bits per heavy atom. The average molecular weight is 308 g/mol. The van der Waals surface area contributed by atoms with E-state index in [2.05, 4.69) is 37.4 Å². The summed E-state index contributed by atoms with van der Waals surface area (Å²) < 4.78 is 0.